The average Bonchev–Trinajstić information content (AvgIpc) is 2.67. The van der Waals surface area contributed by atoms with Gasteiger partial charge in [-0.1, -0.05) is 76.7 Å². The normalized spacial score (nSPS) is 20.5. The zero-order chi connectivity index (χ0) is 19.0. The predicted octanol–water partition coefficient (Wildman–Crippen LogP) is 5.37. The van der Waals surface area contributed by atoms with Gasteiger partial charge in [-0.3, -0.25) is 9.59 Å². The van der Waals surface area contributed by atoms with Gasteiger partial charge in [0, 0.05) is 0 Å². The fourth-order valence-corrected chi connectivity index (χ4v) is 3.19. The number of hydrogen-bond acceptors (Lipinski definition) is 4. The van der Waals surface area contributed by atoms with E-state index in [2.05, 4.69) is 13.8 Å². The van der Waals surface area contributed by atoms with E-state index in [1.54, 1.807) is 0 Å². The van der Waals surface area contributed by atoms with Crippen molar-refractivity contribution in [1.82, 2.24) is 0 Å². The van der Waals surface area contributed by atoms with Gasteiger partial charge in [0.05, 0.1) is 11.8 Å². The van der Waals surface area contributed by atoms with Crippen molar-refractivity contribution in [3.8, 4) is 0 Å². The first kappa shape index (κ1) is 22.5. The summed E-state index contributed by atoms with van der Waals surface area (Å²) < 4.78 is 10.7. The van der Waals surface area contributed by atoms with Crippen LogP contribution in [0.15, 0.2) is 24.3 Å². The van der Waals surface area contributed by atoms with Gasteiger partial charge in [-0.25, -0.2) is 0 Å². The highest BCUT2D eigenvalue weighted by molar-refractivity contribution is 5.82. The van der Waals surface area contributed by atoms with Crippen molar-refractivity contribution < 1.29 is 19.1 Å². The number of carbonyl (C=O) groups excluding carboxylic acids is 2. The molecule has 1 aliphatic carbocycles. The number of hydrogen-bond donors (Lipinski definition) is 0. The molecule has 0 saturated heterocycles. The van der Waals surface area contributed by atoms with Gasteiger partial charge in [-0.2, -0.15) is 0 Å². The Morgan fingerprint density at radius 1 is 0.769 bits per heavy atom. The lowest BCUT2D eigenvalue weighted by Gasteiger charge is -2.28. The van der Waals surface area contributed by atoms with Gasteiger partial charge >= 0.3 is 11.9 Å². The van der Waals surface area contributed by atoms with E-state index in [-0.39, 0.29) is 23.8 Å². The Hall–Kier alpha value is -1.58. The van der Waals surface area contributed by atoms with Crippen molar-refractivity contribution in [2.75, 3.05) is 13.2 Å². The Morgan fingerprint density at radius 3 is 1.58 bits per heavy atom. The smallest absolute Gasteiger partial charge is 0.310 e. The van der Waals surface area contributed by atoms with Gasteiger partial charge < -0.3 is 9.47 Å². The summed E-state index contributed by atoms with van der Waals surface area (Å²) >= 11 is 0. The van der Waals surface area contributed by atoms with Crippen molar-refractivity contribution in [2.24, 2.45) is 11.8 Å². The first-order chi connectivity index (χ1) is 12.7. The lowest BCUT2D eigenvalue weighted by Crippen LogP contribution is -2.35. The fourth-order valence-electron chi connectivity index (χ4n) is 3.19. The highest BCUT2D eigenvalue weighted by Gasteiger charge is 2.37. The topological polar surface area (TPSA) is 52.6 Å². The second-order valence-corrected chi connectivity index (χ2v) is 6.98. The summed E-state index contributed by atoms with van der Waals surface area (Å²) in [4.78, 5) is 24.7. The summed E-state index contributed by atoms with van der Waals surface area (Å²) in [7, 11) is 0. The van der Waals surface area contributed by atoms with Crippen LogP contribution in [-0.4, -0.2) is 25.2 Å². The molecule has 1 rings (SSSR count). The van der Waals surface area contributed by atoms with Crippen molar-refractivity contribution in [3.63, 3.8) is 0 Å². The van der Waals surface area contributed by atoms with Gasteiger partial charge in [0.25, 0.3) is 0 Å². The zero-order valence-electron chi connectivity index (χ0n) is 16.6. The molecule has 0 aromatic rings. The molecule has 4 nitrogen and oxygen atoms in total. The Bertz CT molecular complexity index is 411. The minimum absolute atomic E-state index is 0.259. The molecule has 26 heavy (non-hydrogen) atoms. The van der Waals surface area contributed by atoms with E-state index in [1.807, 2.05) is 24.3 Å². The van der Waals surface area contributed by atoms with Crippen LogP contribution in [0.1, 0.15) is 78.1 Å². The van der Waals surface area contributed by atoms with Crippen LogP contribution in [0.2, 0.25) is 0 Å². The number of allylic oxidation sites excluding steroid dienone is 2. The zero-order valence-corrected chi connectivity index (χ0v) is 16.6. The third kappa shape index (κ3) is 9.21. The standard InChI is InChI=1S/C22H36O4/c1-3-5-7-9-13-17-25-21(23)19-15-11-12-16-20(19)22(24)26-18-14-10-8-6-4-2/h9-10,13-14,19-20H,3-8,11-12,15-18H2,1-2H3/b13-9+,14-10+. The first-order valence-corrected chi connectivity index (χ1v) is 10.3. The Labute approximate surface area is 159 Å². The largest absolute Gasteiger partial charge is 0.461 e. The molecule has 0 aromatic heterocycles. The van der Waals surface area contributed by atoms with Crippen LogP contribution in [0.4, 0.5) is 0 Å². The number of carbonyl (C=O) groups is 2. The second kappa shape index (κ2) is 14.6. The molecule has 1 aliphatic rings. The quantitative estimate of drug-likeness (QED) is 0.265. The van der Waals surface area contributed by atoms with Crippen LogP contribution in [0.3, 0.4) is 0 Å². The number of unbranched alkanes of at least 4 members (excludes halogenated alkanes) is 4. The first-order valence-electron chi connectivity index (χ1n) is 10.3. The molecule has 4 heteroatoms. The van der Waals surface area contributed by atoms with Gasteiger partial charge in [0.1, 0.15) is 13.2 Å². The van der Waals surface area contributed by atoms with E-state index < -0.39 is 0 Å². The maximum atomic E-state index is 12.4. The third-order valence-corrected chi connectivity index (χ3v) is 4.80. The molecule has 2 atom stereocenters. The summed E-state index contributed by atoms with van der Waals surface area (Å²) in [5, 5.41) is 0. The third-order valence-electron chi connectivity index (χ3n) is 4.80. The summed E-state index contributed by atoms with van der Waals surface area (Å²) in [6.07, 6.45) is 17.9. The maximum Gasteiger partial charge on any atom is 0.310 e. The molecule has 0 spiro atoms. The molecule has 0 heterocycles. The van der Waals surface area contributed by atoms with E-state index in [9.17, 15) is 9.59 Å². The number of rotatable bonds is 12. The van der Waals surface area contributed by atoms with Crippen molar-refractivity contribution >= 4 is 11.9 Å². The molecule has 2 unspecified atom stereocenters. The van der Waals surface area contributed by atoms with Crippen LogP contribution in [0.25, 0.3) is 0 Å². The summed E-state index contributed by atoms with van der Waals surface area (Å²) in [5.74, 6) is -1.23. The highest BCUT2D eigenvalue weighted by Crippen LogP contribution is 2.32. The van der Waals surface area contributed by atoms with Gasteiger partial charge in [0.2, 0.25) is 0 Å². The van der Waals surface area contributed by atoms with Crippen LogP contribution < -0.4 is 0 Å². The Kier molecular flexibility index (Phi) is 12.6. The van der Waals surface area contributed by atoms with Gasteiger partial charge in [0.15, 0.2) is 0 Å². The van der Waals surface area contributed by atoms with Crippen LogP contribution in [0.5, 0.6) is 0 Å². The Morgan fingerprint density at radius 2 is 1.19 bits per heavy atom. The van der Waals surface area contributed by atoms with Crippen LogP contribution in [-0.2, 0) is 19.1 Å². The maximum absolute atomic E-state index is 12.4. The molecule has 0 amide bonds. The van der Waals surface area contributed by atoms with E-state index in [1.165, 1.54) is 0 Å². The minimum atomic E-state index is -0.357. The monoisotopic (exact) mass is 364 g/mol. The van der Waals surface area contributed by atoms with E-state index >= 15 is 0 Å². The molecule has 0 N–H and O–H groups in total. The molecular weight excluding hydrogens is 328 g/mol. The highest BCUT2D eigenvalue weighted by atomic mass is 16.5. The van der Waals surface area contributed by atoms with E-state index in [4.69, 9.17) is 9.47 Å². The molecule has 1 fully saturated rings. The van der Waals surface area contributed by atoms with Gasteiger partial charge in [-0.05, 0) is 25.7 Å². The summed E-state index contributed by atoms with van der Waals surface area (Å²) in [6.45, 7) is 4.89. The summed E-state index contributed by atoms with van der Waals surface area (Å²) in [5.41, 5.74) is 0. The predicted molar refractivity (Wildman–Crippen MR) is 105 cm³/mol. The van der Waals surface area contributed by atoms with Crippen molar-refractivity contribution in [2.45, 2.75) is 78.1 Å². The summed E-state index contributed by atoms with van der Waals surface area (Å²) in [6, 6.07) is 0. The molecule has 1 saturated carbocycles. The van der Waals surface area contributed by atoms with E-state index in [0.717, 1.165) is 51.4 Å². The fraction of sp³-hybridized carbons (Fsp3) is 0.727. The molecule has 0 bridgehead atoms. The average molecular weight is 365 g/mol. The number of ether oxygens (including phenoxy) is 2. The molecule has 0 aliphatic heterocycles. The van der Waals surface area contributed by atoms with E-state index in [0.29, 0.717) is 26.1 Å². The molecule has 148 valence electrons. The Balaban J connectivity index is 2.39. The SMILES string of the molecule is CCCC/C=C/COC(=O)C1CCCCC1C(=O)OC/C=C/CCCC. The molecule has 0 radical (unpaired) electrons. The minimum Gasteiger partial charge on any atom is -0.461 e. The van der Waals surface area contributed by atoms with Gasteiger partial charge in [-0.15, -0.1) is 0 Å². The lowest BCUT2D eigenvalue weighted by molar-refractivity contribution is -0.161. The lowest BCUT2D eigenvalue weighted by atomic mass is 9.79. The van der Waals surface area contributed by atoms with Crippen LogP contribution in [0, 0.1) is 11.8 Å². The van der Waals surface area contributed by atoms with Crippen LogP contribution >= 0.6 is 0 Å². The molecule has 0 aromatic carbocycles. The van der Waals surface area contributed by atoms with Crippen molar-refractivity contribution in [1.29, 1.82) is 0 Å². The second-order valence-electron chi connectivity index (χ2n) is 6.98. The van der Waals surface area contributed by atoms with Crippen molar-refractivity contribution in [3.05, 3.63) is 24.3 Å². The molecular formula is C22H36O4. The number of esters is 2.